The first-order valence-corrected chi connectivity index (χ1v) is 9.86. The first kappa shape index (κ1) is 20.2. The van der Waals surface area contributed by atoms with E-state index in [0.29, 0.717) is 25.3 Å². The Labute approximate surface area is 158 Å². The number of halogens is 1. The van der Waals surface area contributed by atoms with Crippen molar-refractivity contribution in [3.05, 3.63) is 58.6 Å². The molecule has 0 heterocycles. The number of hydrogen-bond acceptors (Lipinski definition) is 4. The maximum Gasteiger partial charge on any atom is 0.263 e. The quantitative estimate of drug-likeness (QED) is 0.671. The number of carbonyl (C=O) groups excluding carboxylic acids is 1. The maximum absolute atomic E-state index is 12.7. The lowest BCUT2D eigenvalue weighted by atomic mass is 10.2. The van der Waals surface area contributed by atoms with Crippen molar-refractivity contribution < 1.29 is 17.9 Å². The summed E-state index contributed by atoms with van der Waals surface area (Å²) in [6, 6.07) is 11.2. The molecule has 2 aromatic carbocycles. The van der Waals surface area contributed by atoms with Gasteiger partial charge in [-0.05, 0) is 43.2 Å². The van der Waals surface area contributed by atoms with E-state index in [1.807, 2.05) is 6.07 Å². The van der Waals surface area contributed by atoms with Crippen molar-refractivity contribution in [1.29, 1.82) is 0 Å². The van der Waals surface area contributed by atoms with Crippen molar-refractivity contribution in [3.63, 3.8) is 0 Å². The highest BCUT2D eigenvalue weighted by atomic mass is 35.5. The third-order valence-corrected chi connectivity index (χ3v) is 5.53. The van der Waals surface area contributed by atoms with Crippen LogP contribution in [0.3, 0.4) is 0 Å². The molecule has 2 aromatic rings. The Morgan fingerprint density at radius 2 is 1.92 bits per heavy atom. The number of nitrogens with one attached hydrogen (secondary N) is 2. The SMILES string of the molecule is COCCCNC(=O)c1ccc(Cl)c(S(=O)(=O)Nc2ccccc2C)c1. The molecular formula is C18H21ClN2O4S. The van der Waals surface area contributed by atoms with E-state index in [2.05, 4.69) is 10.0 Å². The Balaban J connectivity index is 2.23. The number of para-hydroxylation sites is 1. The maximum atomic E-state index is 12.7. The van der Waals surface area contributed by atoms with Gasteiger partial charge < -0.3 is 10.1 Å². The molecule has 26 heavy (non-hydrogen) atoms. The zero-order chi connectivity index (χ0) is 19.2. The Hall–Kier alpha value is -2.09. The van der Waals surface area contributed by atoms with Gasteiger partial charge in [0.2, 0.25) is 0 Å². The molecule has 2 rings (SSSR count). The van der Waals surface area contributed by atoms with Crippen molar-refractivity contribution >= 4 is 33.2 Å². The fourth-order valence-corrected chi connectivity index (χ4v) is 3.92. The summed E-state index contributed by atoms with van der Waals surface area (Å²) in [6.07, 6.45) is 0.663. The fraction of sp³-hybridized carbons (Fsp3) is 0.278. The highest BCUT2D eigenvalue weighted by Crippen LogP contribution is 2.26. The molecule has 0 saturated carbocycles. The van der Waals surface area contributed by atoms with E-state index in [9.17, 15) is 13.2 Å². The second-order valence-electron chi connectivity index (χ2n) is 5.67. The Kier molecular flexibility index (Phi) is 7.02. The summed E-state index contributed by atoms with van der Waals surface area (Å²) in [5.41, 5.74) is 1.45. The average molecular weight is 397 g/mol. The van der Waals surface area contributed by atoms with E-state index in [-0.39, 0.29) is 21.4 Å². The number of carbonyl (C=O) groups is 1. The number of sulfonamides is 1. The van der Waals surface area contributed by atoms with Crippen LogP contribution in [-0.2, 0) is 14.8 Å². The number of methoxy groups -OCH3 is 1. The van der Waals surface area contributed by atoms with E-state index < -0.39 is 10.0 Å². The molecule has 0 saturated heterocycles. The van der Waals surface area contributed by atoms with Crippen LogP contribution in [0.15, 0.2) is 47.4 Å². The third-order valence-electron chi connectivity index (χ3n) is 3.68. The van der Waals surface area contributed by atoms with Crippen LogP contribution in [0, 0.1) is 6.92 Å². The van der Waals surface area contributed by atoms with E-state index >= 15 is 0 Å². The van der Waals surface area contributed by atoms with Crippen molar-refractivity contribution in [2.75, 3.05) is 25.0 Å². The van der Waals surface area contributed by atoms with Crippen molar-refractivity contribution in [1.82, 2.24) is 5.32 Å². The Morgan fingerprint density at radius 1 is 1.19 bits per heavy atom. The Morgan fingerprint density at radius 3 is 2.62 bits per heavy atom. The fourth-order valence-electron chi connectivity index (χ4n) is 2.26. The first-order chi connectivity index (χ1) is 12.3. The van der Waals surface area contributed by atoms with Gasteiger partial charge in [0.25, 0.3) is 15.9 Å². The van der Waals surface area contributed by atoms with E-state index in [4.69, 9.17) is 16.3 Å². The normalized spacial score (nSPS) is 11.2. The summed E-state index contributed by atoms with van der Waals surface area (Å²) >= 11 is 6.07. The van der Waals surface area contributed by atoms with Gasteiger partial charge in [-0.1, -0.05) is 29.8 Å². The molecule has 2 N–H and O–H groups in total. The molecule has 0 fully saturated rings. The molecule has 140 valence electrons. The van der Waals surface area contributed by atoms with Crippen LogP contribution < -0.4 is 10.0 Å². The number of benzene rings is 2. The third kappa shape index (κ3) is 5.20. The van der Waals surface area contributed by atoms with Crippen LogP contribution in [0.5, 0.6) is 0 Å². The minimum atomic E-state index is -3.93. The van der Waals surface area contributed by atoms with Gasteiger partial charge in [-0.3, -0.25) is 9.52 Å². The molecule has 0 radical (unpaired) electrons. The number of aryl methyl sites for hydroxylation is 1. The molecule has 0 bridgehead atoms. The van der Waals surface area contributed by atoms with Crippen LogP contribution in [-0.4, -0.2) is 34.6 Å². The summed E-state index contributed by atoms with van der Waals surface area (Å²) in [7, 11) is -2.35. The van der Waals surface area contributed by atoms with E-state index in [1.54, 1.807) is 32.2 Å². The highest BCUT2D eigenvalue weighted by Gasteiger charge is 2.21. The van der Waals surface area contributed by atoms with Crippen LogP contribution in [0.2, 0.25) is 5.02 Å². The number of anilines is 1. The molecule has 0 unspecified atom stereocenters. The van der Waals surface area contributed by atoms with Gasteiger partial charge in [-0.15, -0.1) is 0 Å². The predicted octanol–water partition coefficient (Wildman–Crippen LogP) is 3.22. The van der Waals surface area contributed by atoms with Gasteiger partial charge in [-0.2, -0.15) is 0 Å². The van der Waals surface area contributed by atoms with Crippen LogP contribution in [0.4, 0.5) is 5.69 Å². The highest BCUT2D eigenvalue weighted by molar-refractivity contribution is 7.92. The molecule has 0 aliphatic heterocycles. The predicted molar refractivity (Wildman–Crippen MR) is 102 cm³/mol. The van der Waals surface area contributed by atoms with Crippen LogP contribution >= 0.6 is 11.6 Å². The summed E-state index contributed by atoms with van der Waals surface area (Å²) in [4.78, 5) is 12.1. The van der Waals surface area contributed by atoms with Gasteiger partial charge >= 0.3 is 0 Å². The van der Waals surface area contributed by atoms with Crippen LogP contribution in [0.1, 0.15) is 22.3 Å². The molecule has 0 aromatic heterocycles. The average Bonchev–Trinajstić information content (AvgIpc) is 2.60. The largest absolute Gasteiger partial charge is 0.385 e. The van der Waals surface area contributed by atoms with E-state index in [1.165, 1.54) is 18.2 Å². The minimum Gasteiger partial charge on any atom is -0.385 e. The van der Waals surface area contributed by atoms with Gasteiger partial charge in [0.1, 0.15) is 4.90 Å². The van der Waals surface area contributed by atoms with Crippen molar-refractivity contribution in [2.45, 2.75) is 18.2 Å². The molecule has 6 nitrogen and oxygen atoms in total. The zero-order valence-electron chi connectivity index (χ0n) is 14.6. The summed E-state index contributed by atoms with van der Waals surface area (Å²) in [5.74, 6) is -0.370. The molecule has 0 spiro atoms. The minimum absolute atomic E-state index is 0.0435. The van der Waals surface area contributed by atoms with Crippen molar-refractivity contribution in [3.8, 4) is 0 Å². The Bertz CT molecular complexity index is 885. The zero-order valence-corrected chi connectivity index (χ0v) is 16.2. The lowest BCUT2D eigenvalue weighted by Crippen LogP contribution is -2.25. The second kappa shape index (κ2) is 9.02. The summed E-state index contributed by atoms with van der Waals surface area (Å²) in [6.45, 7) is 2.75. The van der Waals surface area contributed by atoms with Gasteiger partial charge in [-0.25, -0.2) is 8.42 Å². The lowest BCUT2D eigenvalue weighted by molar-refractivity contribution is 0.0948. The molecule has 1 amide bonds. The monoisotopic (exact) mass is 396 g/mol. The van der Waals surface area contributed by atoms with Crippen LogP contribution in [0.25, 0.3) is 0 Å². The number of rotatable bonds is 8. The van der Waals surface area contributed by atoms with Gasteiger partial charge in [0.05, 0.1) is 10.7 Å². The molecule has 0 aliphatic carbocycles. The lowest BCUT2D eigenvalue weighted by Gasteiger charge is -2.13. The standard InChI is InChI=1S/C18H21ClN2O4S/c1-13-6-3-4-7-16(13)21-26(23,24)17-12-14(8-9-15(17)19)18(22)20-10-5-11-25-2/h3-4,6-9,12,21H,5,10-11H2,1-2H3,(H,20,22). The topological polar surface area (TPSA) is 84.5 Å². The molecule has 8 heteroatoms. The molecular weight excluding hydrogens is 376 g/mol. The number of hydrogen-bond donors (Lipinski definition) is 2. The summed E-state index contributed by atoms with van der Waals surface area (Å²) < 4.78 is 32.8. The van der Waals surface area contributed by atoms with Gasteiger partial charge in [0, 0.05) is 25.8 Å². The molecule has 0 aliphatic rings. The second-order valence-corrected chi connectivity index (χ2v) is 7.73. The number of amides is 1. The first-order valence-electron chi connectivity index (χ1n) is 8.00. The molecule has 0 atom stereocenters. The summed E-state index contributed by atoms with van der Waals surface area (Å²) in [5, 5.41) is 2.76. The number of ether oxygens (including phenoxy) is 1. The van der Waals surface area contributed by atoms with E-state index in [0.717, 1.165) is 5.56 Å². The smallest absolute Gasteiger partial charge is 0.263 e. The van der Waals surface area contributed by atoms with Gasteiger partial charge in [0.15, 0.2) is 0 Å². The van der Waals surface area contributed by atoms with Crippen molar-refractivity contribution in [2.24, 2.45) is 0 Å².